The molecule has 176 valence electrons. The van der Waals surface area contributed by atoms with E-state index >= 15 is 0 Å². The molecule has 0 aliphatic heterocycles. The van der Waals surface area contributed by atoms with E-state index in [-0.39, 0.29) is 33.2 Å². The quantitative estimate of drug-likeness (QED) is 0.293. The predicted octanol–water partition coefficient (Wildman–Crippen LogP) is 3.80. The van der Waals surface area contributed by atoms with Crippen LogP contribution < -0.4 is 20.7 Å². The lowest BCUT2D eigenvalue weighted by molar-refractivity contribution is 0.355. The van der Waals surface area contributed by atoms with E-state index in [0.29, 0.717) is 22.1 Å². The normalized spacial score (nSPS) is 11.1. The third-order valence-electron chi connectivity index (χ3n) is 5.32. The standard InChI is InChI=1S/C23H20ClFN4O4S/c1-28-20-18(22(30)29(2)23(28)31)21(34-11-13-14(24)6-5-7-15(13)25)27-19(26-20)12-8-9-16(32-3)17(10-12)33-4/h5-10H,11H2,1-4H3. The number of thioether (sulfide) groups is 1. The fourth-order valence-electron chi connectivity index (χ4n) is 3.45. The van der Waals surface area contributed by atoms with E-state index in [1.165, 1.54) is 45.0 Å². The van der Waals surface area contributed by atoms with E-state index in [2.05, 4.69) is 9.97 Å². The Kier molecular flexibility index (Phi) is 6.63. The second-order valence-electron chi connectivity index (χ2n) is 7.32. The molecule has 0 aliphatic rings. The Bertz CT molecular complexity index is 1520. The number of halogens is 2. The van der Waals surface area contributed by atoms with Gasteiger partial charge in [0.15, 0.2) is 23.0 Å². The highest BCUT2D eigenvalue weighted by atomic mass is 35.5. The largest absolute Gasteiger partial charge is 0.493 e. The second-order valence-corrected chi connectivity index (χ2v) is 8.69. The van der Waals surface area contributed by atoms with Gasteiger partial charge >= 0.3 is 5.69 Å². The first kappa shape index (κ1) is 23.8. The van der Waals surface area contributed by atoms with Crippen molar-refractivity contribution in [1.29, 1.82) is 0 Å². The molecule has 2 heterocycles. The van der Waals surface area contributed by atoms with Crippen LogP contribution in [0.4, 0.5) is 4.39 Å². The number of methoxy groups -OCH3 is 2. The molecule has 0 N–H and O–H groups in total. The molecule has 4 aromatic rings. The van der Waals surface area contributed by atoms with Crippen LogP contribution >= 0.6 is 23.4 Å². The highest BCUT2D eigenvalue weighted by molar-refractivity contribution is 7.98. The summed E-state index contributed by atoms with van der Waals surface area (Å²) in [5, 5.41) is 0.725. The summed E-state index contributed by atoms with van der Waals surface area (Å²) in [6, 6.07) is 9.57. The zero-order valence-corrected chi connectivity index (χ0v) is 20.3. The van der Waals surface area contributed by atoms with Gasteiger partial charge in [-0.05, 0) is 30.3 Å². The summed E-state index contributed by atoms with van der Waals surface area (Å²) in [5.41, 5.74) is -0.0367. The van der Waals surface area contributed by atoms with Crippen molar-refractivity contribution in [3.8, 4) is 22.9 Å². The first-order valence-corrected chi connectivity index (χ1v) is 11.4. The summed E-state index contributed by atoms with van der Waals surface area (Å²) in [4.78, 5) is 34.7. The van der Waals surface area contributed by atoms with Crippen molar-refractivity contribution in [2.75, 3.05) is 14.2 Å². The average Bonchev–Trinajstić information content (AvgIpc) is 2.84. The maximum Gasteiger partial charge on any atom is 0.332 e. The molecule has 0 bridgehead atoms. The molecule has 34 heavy (non-hydrogen) atoms. The van der Waals surface area contributed by atoms with Crippen LogP contribution in [-0.2, 0) is 19.8 Å². The zero-order chi connectivity index (χ0) is 24.6. The minimum Gasteiger partial charge on any atom is -0.493 e. The number of ether oxygens (including phenoxy) is 2. The van der Waals surface area contributed by atoms with Gasteiger partial charge in [-0.2, -0.15) is 0 Å². The van der Waals surface area contributed by atoms with E-state index in [1.54, 1.807) is 24.3 Å². The fraction of sp³-hybridized carbons (Fsp3) is 0.217. The van der Waals surface area contributed by atoms with Crippen LogP contribution in [0.2, 0.25) is 5.02 Å². The van der Waals surface area contributed by atoms with Crippen molar-refractivity contribution >= 4 is 34.4 Å². The molecule has 0 unspecified atom stereocenters. The van der Waals surface area contributed by atoms with Crippen LogP contribution in [0.25, 0.3) is 22.4 Å². The van der Waals surface area contributed by atoms with Gasteiger partial charge in [-0.25, -0.2) is 19.2 Å². The molecule has 2 aromatic heterocycles. The summed E-state index contributed by atoms with van der Waals surface area (Å²) in [5.74, 6) is 0.915. The smallest absolute Gasteiger partial charge is 0.332 e. The van der Waals surface area contributed by atoms with E-state index in [9.17, 15) is 14.0 Å². The van der Waals surface area contributed by atoms with E-state index in [1.807, 2.05) is 0 Å². The molecule has 0 atom stereocenters. The number of nitrogens with zero attached hydrogens (tertiary/aromatic N) is 4. The number of aromatic nitrogens is 4. The van der Waals surface area contributed by atoms with Crippen molar-refractivity contribution in [1.82, 2.24) is 19.1 Å². The average molecular weight is 503 g/mol. The number of hydrogen-bond acceptors (Lipinski definition) is 7. The molecule has 0 fully saturated rings. The number of aryl methyl sites for hydroxylation is 1. The number of fused-ring (bicyclic) bond motifs is 1. The molecular weight excluding hydrogens is 483 g/mol. The zero-order valence-electron chi connectivity index (χ0n) is 18.8. The topological polar surface area (TPSA) is 88.2 Å². The lowest BCUT2D eigenvalue weighted by atomic mass is 10.2. The molecule has 11 heteroatoms. The van der Waals surface area contributed by atoms with Gasteiger partial charge in [0.1, 0.15) is 16.2 Å². The van der Waals surface area contributed by atoms with Crippen molar-refractivity contribution in [3.63, 3.8) is 0 Å². The lowest BCUT2D eigenvalue weighted by Gasteiger charge is -2.13. The Morgan fingerprint density at radius 3 is 2.44 bits per heavy atom. The Morgan fingerprint density at radius 1 is 1.03 bits per heavy atom. The molecule has 0 saturated heterocycles. The van der Waals surface area contributed by atoms with Crippen molar-refractivity contribution in [2.24, 2.45) is 14.1 Å². The fourth-order valence-corrected chi connectivity index (χ4v) is 4.81. The molecule has 0 radical (unpaired) electrons. The van der Waals surface area contributed by atoms with Gasteiger partial charge in [-0.1, -0.05) is 17.7 Å². The van der Waals surface area contributed by atoms with E-state index in [4.69, 9.17) is 21.1 Å². The summed E-state index contributed by atoms with van der Waals surface area (Å²) >= 11 is 7.32. The molecule has 0 saturated carbocycles. The van der Waals surface area contributed by atoms with Gasteiger partial charge in [-0.3, -0.25) is 13.9 Å². The molecule has 4 rings (SSSR count). The summed E-state index contributed by atoms with van der Waals surface area (Å²) in [6.45, 7) is 0. The minimum atomic E-state index is -0.543. The van der Waals surface area contributed by atoms with Crippen LogP contribution in [0.15, 0.2) is 51.0 Å². The van der Waals surface area contributed by atoms with Crippen LogP contribution in [-0.4, -0.2) is 33.3 Å². The maximum absolute atomic E-state index is 14.4. The number of rotatable bonds is 6. The third-order valence-corrected chi connectivity index (χ3v) is 6.68. The van der Waals surface area contributed by atoms with Gasteiger partial charge in [0.25, 0.3) is 5.56 Å². The Balaban J connectivity index is 1.94. The number of hydrogen-bond donors (Lipinski definition) is 0. The SMILES string of the molecule is COc1ccc(-c2nc(SCc3c(F)cccc3Cl)c3c(=O)n(C)c(=O)n(C)c3n2)cc1OC. The monoisotopic (exact) mass is 502 g/mol. The summed E-state index contributed by atoms with van der Waals surface area (Å²) in [7, 11) is 5.94. The molecule has 0 spiro atoms. The van der Waals surface area contributed by atoms with E-state index < -0.39 is 17.1 Å². The highest BCUT2D eigenvalue weighted by Gasteiger charge is 2.20. The summed E-state index contributed by atoms with van der Waals surface area (Å²) in [6.07, 6.45) is 0. The van der Waals surface area contributed by atoms with Crippen molar-refractivity contribution < 1.29 is 13.9 Å². The van der Waals surface area contributed by atoms with E-state index in [0.717, 1.165) is 16.3 Å². The van der Waals surface area contributed by atoms with Crippen LogP contribution in [0.1, 0.15) is 5.56 Å². The number of benzene rings is 2. The first-order valence-electron chi connectivity index (χ1n) is 10.0. The third kappa shape index (κ3) is 4.14. The highest BCUT2D eigenvalue weighted by Crippen LogP contribution is 2.34. The second kappa shape index (κ2) is 9.47. The van der Waals surface area contributed by atoms with Crippen LogP contribution in [0, 0.1) is 5.82 Å². The van der Waals surface area contributed by atoms with Crippen molar-refractivity contribution in [2.45, 2.75) is 10.8 Å². The van der Waals surface area contributed by atoms with Gasteiger partial charge < -0.3 is 9.47 Å². The van der Waals surface area contributed by atoms with Gasteiger partial charge in [0, 0.05) is 36.0 Å². The Labute approximate surface area is 202 Å². The van der Waals surface area contributed by atoms with Gasteiger partial charge in [0.2, 0.25) is 0 Å². The Hall–Kier alpha value is -3.37. The Morgan fingerprint density at radius 2 is 1.76 bits per heavy atom. The molecule has 8 nitrogen and oxygen atoms in total. The molecule has 2 aromatic carbocycles. The van der Waals surface area contributed by atoms with Crippen LogP contribution in [0.3, 0.4) is 0 Å². The first-order chi connectivity index (χ1) is 16.3. The lowest BCUT2D eigenvalue weighted by Crippen LogP contribution is -2.37. The molecular formula is C23H20ClFN4O4S. The van der Waals surface area contributed by atoms with Crippen molar-refractivity contribution in [3.05, 3.63) is 73.6 Å². The molecule has 0 aliphatic carbocycles. The maximum atomic E-state index is 14.4. The predicted molar refractivity (Wildman–Crippen MR) is 130 cm³/mol. The van der Waals surface area contributed by atoms with Crippen LogP contribution in [0.5, 0.6) is 11.5 Å². The van der Waals surface area contributed by atoms with Gasteiger partial charge in [-0.15, -0.1) is 11.8 Å². The molecule has 0 amide bonds. The minimum absolute atomic E-state index is 0.120. The van der Waals surface area contributed by atoms with Gasteiger partial charge in [0.05, 0.1) is 14.2 Å². The summed E-state index contributed by atoms with van der Waals surface area (Å²) < 4.78 is 27.3.